The van der Waals surface area contributed by atoms with Crippen molar-refractivity contribution in [2.45, 2.75) is 45.6 Å². The summed E-state index contributed by atoms with van der Waals surface area (Å²) in [6.07, 6.45) is 3.80. The van der Waals surface area contributed by atoms with Crippen molar-refractivity contribution in [1.82, 2.24) is 4.90 Å². The highest BCUT2D eigenvalue weighted by Crippen LogP contribution is 2.41. The van der Waals surface area contributed by atoms with E-state index in [1.807, 2.05) is 12.1 Å². The van der Waals surface area contributed by atoms with Crippen molar-refractivity contribution < 1.29 is 14.3 Å². The highest BCUT2D eigenvalue weighted by Gasteiger charge is 2.46. The molecule has 5 nitrogen and oxygen atoms in total. The van der Waals surface area contributed by atoms with Gasteiger partial charge in [0.15, 0.2) is 0 Å². The van der Waals surface area contributed by atoms with Crippen LogP contribution in [-0.2, 0) is 9.53 Å². The Labute approximate surface area is 169 Å². The lowest BCUT2D eigenvalue weighted by molar-refractivity contribution is -0.149. The van der Waals surface area contributed by atoms with Crippen molar-refractivity contribution >= 4 is 11.7 Å². The molecule has 2 unspecified atom stereocenters. The third-order valence-electron chi connectivity index (χ3n) is 7.45. The molecular formula is C23H34N2O3. The molecule has 3 aliphatic heterocycles. The number of ether oxygens (including phenoxy) is 2. The number of methoxy groups -OCH3 is 1. The Bertz CT molecular complexity index is 672. The van der Waals surface area contributed by atoms with Crippen LogP contribution in [0.4, 0.5) is 5.69 Å². The molecule has 3 heterocycles. The molecule has 4 rings (SSSR count). The van der Waals surface area contributed by atoms with Crippen LogP contribution < -0.4 is 9.64 Å². The van der Waals surface area contributed by atoms with Crippen LogP contribution in [-0.4, -0.2) is 56.8 Å². The van der Waals surface area contributed by atoms with Gasteiger partial charge in [-0.3, -0.25) is 4.79 Å². The van der Waals surface area contributed by atoms with Crippen LogP contribution in [0.15, 0.2) is 24.3 Å². The van der Waals surface area contributed by atoms with E-state index in [9.17, 15) is 4.79 Å². The number of anilines is 1. The van der Waals surface area contributed by atoms with Gasteiger partial charge in [0.25, 0.3) is 0 Å². The van der Waals surface area contributed by atoms with Crippen molar-refractivity contribution in [3.05, 3.63) is 24.3 Å². The highest BCUT2D eigenvalue weighted by molar-refractivity contribution is 5.78. The number of esters is 1. The largest absolute Gasteiger partial charge is 0.497 e. The fraction of sp³-hybridized carbons (Fsp3) is 0.696. The van der Waals surface area contributed by atoms with Gasteiger partial charge in [0.1, 0.15) is 11.9 Å². The summed E-state index contributed by atoms with van der Waals surface area (Å²) in [4.78, 5) is 17.4. The monoisotopic (exact) mass is 386 g/mol. The molecule has 5 heteroatoms. The van der Waals surface area contributed by atoms with Gasteiger partial charge in [-0.1, -0.05) is 13.8 Å². The van der Waals surface area contributed by atoms with Gasteiger partial charge in [0.2, 0.25) is 0 Å². The van der Waals surface area contributed by atoms with Gasteiger partial charge >= 0.3 is 5.97 Å². The molecule has 0 N–H and O–H groups in total. The summed E-state index contributed by atoms with van der Waals surface area (Å²) >= 11 is 0. The van der Waals surface area contributed by atoms with Crippen LogP contribution in [0.2, 0.25) is 0 Å². The zero-order valence-corrected chi connectivity index (χ0v) is 17.5. The van der Waals surface area contributed by atoms with Gasteiger partial charge in [-0.2, -0.15) is 0 Å². The first kappa shape index (κ1) is 19.6. The normalized spacial score (nSPS) is 29.2. The van der Waals surface area contributed by atoms with Crippen LogP contribution >= 0.6 is 0 Å². The smallest absolute Gasteiger partial charge is 0.312 e. The van der Waals surface area contributed by atoms with E-state index < -0.39 is 0 Å². The average molecular weight is 387 g/mol. The summed E-state index contributed by atoms with van der Waals surface area (Å²) in [6, 6.07) is 8.43. The minimum atomic E-state index is -0.217. The van der Waals surface area contributed by atoms with Crippen molar-refractivity contribution in [3.8, 4) is 5.75 Å². The number of carbonyl (C=O) groups excluding carboxylic acids is 1. The molecule has 1 aromatic carbocycles. The molecule has 0 aromatic heterocycles. The van der Waals surface area contributed by atoms with Crippen LogP contribution in [0.1, 0.15) is 39.5 Å². The summed E-state index contributed by atoms with van der Waals surface area (Å²) in [6.45, 7) is 9.90. The molecule has 0 aliphatic carbocycles. The van der Waals surface area contributed by atoms with E-state index in [0.29, 0.717) is 0 Å². The second kappa shape index (κ2) is 7.94. The lowest BCUT2D eigenvalue weighted by atomic mass is 9.79. The van der Waals surface area contributed by atoms with Gasteiger partial charge in [-0.25, -0.2) is 0 Å². The standard InChI is InChI=1S/C23H34N2O3/c1-4-23(5-2)12-21(28-22(23)26)10-11-24-13-17-15-25(16-18(17)14-24)19-6-8-20(27-3)9-7-19/h6-9,17-18,21H,4-5,10-16H2,1-3H3/t17?,18?,21-/m0/s1. The number of hydrogen-bond donors (Lipinski definition) is 0. The predicted octanol–water partition coefficient (Wildman–Crippen LogP) is 3.58. The minimum absolute atomic E-state index is 0.0379. The van der Waals surface area contributed by atoms with E-state index in [4.69, 9.17) is 9.47 Å². The van der Waals surface area contributed by atoms with Crippen LogP contribution in [0.25, 0.3) is 0 Å². The Hall–Kier alpha value is -1.75. The molecule has 0 spiro atoms. The van der Waals surface area contributed by atoms with E-state index in [2.05, 4.69) is 35.8 Å². The van der Waals surface area contributed by atoms with E-state index in [1.165, 1.54) is 18.8 Å². The quantitative estimate of drug-likeness (QED) is 0.670. The third-order valence-corrected chi connectivity index (χ3v) is 7.45. The first-order valence-corrected chi connectivity index (χ1v) is 10.9. The van der Waals surface area contributed by atoms with Crippen LogP contribution in [0.3, 0.4) is 0 Å². The second-order valence-electron chi connectivity index (χ2n) is 8.89. The first-order chi connectivity index (χ1) is 13.6. The Kier molecular flexibility index (Phi) is 5.55. The molecular weight excluding hydrogens is 352 g/mol. The van der Waals surface area contributed by atoms with E-state index >= 15 is 0 Å². The van der Waals surface area contributed by atoms with Crippen molar-refractivity contribution in [3.63, 3.8) is 0 Å². The molecule has 3 fully saturated rings. The zero-order valence-electron chi connectivity index (χ0n) is 17.5. The number of fused-ring (bicyclic) bond motifs is 1. The fourth-order valence-electron chi connectivity index (χ4n) is 5.43. The number of hydrogen-bond acceptors (Lipinski definition) is 5. The number of carbonyl (C=O) groups is 1. The third kappa shape index (κ3) is 3.61. The number of nitrogens with zero attached hydrogens (tertiary/aromatic N) is 2. The maximum atomic E-state index is 12.3. The lowest BCUT2D eigenvalue weighted by Gasteiger charge is -2.24. The Balaban J connectivity index is 1.25. The summed E-state index contributed by atoms with van der Waals surface area (Å²) in [5.41, 5.74) is 1.08. The molecule has 3 aliphatic rings. The SMILES string of the molecule is CCC1(CC)C[C@H](CCN2CC3CN(c4ccc(OC)cc4)CC3C2)OC1=O. The second-order valence-corrected chi connectivity index (χ2v) is 8.89. The lowest BCUT2D eigenvalue weighted by Crippen LogP contribution is -2.30. The number of likely N-dealkylation sites (tertiary alicyclic amines) is 1. The van der Waals surface area contributed by atoms with E-state index in [1.54, 1.807) is 7.11 Å². The Morgan fingerprint density at radius 2 is 1.71 bits per heavy atom. The van der Waals surface area contributed by atoms with E-state index in [0.717, 1.165) is 62.9 Å². The summed E-state index contributed by atoms with van der Waals surface area (Å²) in [7, 11) is 1.71. The Morgan fingerprint density at radius 1 is 1.07 bits per heavy atom. The van der Waals surface area contributed by atoms with Gasteiger partial charge in [0, 0.05) is 44.8 Å². The number of rotatable bonds is 7. The summed E-state index contributed by atoms with van der Waals surface area (Å²) < 4.78 is 11.0. The topological polar surface area (TPSA) is 42.0 Å². The molecule has 3 atom stereocenters. The summed E-state index contributed by atoms with van der Waals surface area (Å²) in [5.74, 6) is 2.45. The minimum Gasteiger partial charge on any atom is -0.497 e. The van der Waals surface area contributed by atoms with Gasteiger partial charge in [-0.05, 0) is 55.4 Å². The fourth-order valence-corrected chi connectivity index (χ4v) is 5.43. The van der Waals surface area contributed by atoms with Crippen LogP contribution in [0, 0.1) is 17.3 Å². The highest BCUT2D eigenvalue weighted by atomic mass is 16.6. The molecule has 28 heavy (non-hydrogen) atoms. The average Bonchev–Trinajstić information content (AvgIpc) is 3.37. The molecule has 0 bridgehead atoms. The van der Waals surface area contributed by atoms with Crippen molar-refractivity contribution in [2.75, 3.05) is 44.7 Å². The number of cyclic esters (lactones) is 1. The zero-order chi connectivity index (χ0) is 19.7. The van der Waals surface area contributed by atoms with Crippen molar-refractivity contribution in [1.29, 1.82) is 0 Å². The van der Waals surface area contributed by atoms with Gasteiger partial charge < -0.3 is 19.3 Å². The molecule has 0 saturated carbocycles. The summed E-state index contributed by atoms with van der Waals surface area (Å²) in [5, 5.41) is 0. The first-order valence-electron chi connectivity index (χ1n) is 10.9. The molecule has 3 saturated heterocycles. The molecule has 0 radical (unpaired) electrons. The van der Waals surface area contributed by atoms with Crippen molar-refractivity contribution in [2.24, 2.45) is 17.3 Å². The van der Waals surface area contributed by atoms with Crippen LogP contribution in [0.5, 0.6) is 5.75 Å². The Morgan fingerprint density at radius 3 is 2.25 bits per heavy atom. The molecule has 0 amide bonds. The maximum Gasteiger partial charge on any atom is 0.312 e. The van der Waals surface area contributed by atoms with Gasteiger partial charge in [0.05, 0.1) is 12.5 Å². The predicted molar refractivity (Wildman–Crippen MR) is 111 cm³/mol. The van der Waals surface area contributed by atoms with Gasteiger partial charge in [-0.15, -0.1) is 0 Å². The van der Waals surface area contributed by atoms with E-state index in [-0.39, 0.29) is 17.5 Å². The molecule has 1 aromatic rings. The maximum absolute atomic E-state index is 12.3. The number of benzene rings is 1. The molecule has 154 valence electrons.